The fraction of sp³-hybridized carbons (Fsp3) is 0.389. The lowest BCUT2D eigenvalue weighted by atomic mass is 10.00. The SMILES string of the molecule is COC(=O)C(Cc1cc2ccnc(N)c2cc1OC(F)(F)F)N1CCC(N)C1=O.Cl.Cl. The van der Waals surface area contributed by atoms with Crippen molar-refractivity contribution < 1.29 is 32.2 Å². The number of nitrogens with two attached hydrogens (primary N) is 2. The zero-order valence-corrected chi connectivity index (χ0v) is 17.9. The molecule has 1 amide bonds. The summed E-state index contributed by atoms with van der Waals surface area (Å²) in [5.41, 5.74) is 11.5. The number of benzene rings is 1. The topological polar surface area (TPSA) is 121 Å². The number of ether oxygens (including phenoxy) is 2. The maximum atomic E-state index is 13.0. The van der Waals surface area contributed by atoms with Gasteiger partial charge in [-0.1, -0.05) is 0 Å². The molecule has 1 aromatic heterocycles. The van der Waals surface area contributed by atoms with Crippen LogP contribution in [0.2, 0.25) is 0 Å². The second kappa shape index (κ2) is 10.2. The number of methoxy groups -OCH3 is 1. The maximum absolute atomic E-state index is 13.0. The summed E-state index contributed by atoms with van der Waals surface area (Å²) in [6.07, 6.45) is -3.48. The molecule has 172 valence electrons. The van der Waals surface area contributed by atoms with Crippen molar-refractivity contribution in [3.8, 4) is 5.75 Å². The first-order valence-corrected chi connectivity index (χ1v) is 8.67. The third kappa shape index (κ3) is 5.81. The number of aromatic nitrogens is 1. The van der Waals surface area contributed by atoms with Crippen LogP contribution in [0.3, 0.4) is 0 Å². The van der Waals surface area contributed by atoms with E-state index in [1.807, 2.05) is 0 Å². The minimum Gasteiger partial charge on any atom is -0.467 e. The third-order valence-corrected chi connectivity index (χ3v) is 4.75. The van der Waals surface area contributed by atoms with Crippen molar-refractivity contribution in [1.82, 2.24) is 9.88 Å². The molecule has 3 rings (SSSR count). The van der Waals surface area contributed by atoms with Gasteiger partial charge in [0.2, 0.25) is 5.91 Å². The van der Waals surface area contributed by atoms with E-state index < -0.39 is 36.1 Å². The smallest absolute Gasteiger partial charge is 0.467 e. The monoisotopic (exact) mass is 484 g/mol. The van der Waals surface area contributed by atoms with Crippen LogP contribution in [-0.2, 0) is 20.7 Å². The number of fused-ring (bicyclic) bond motifs is 1. The van der Waals surface area contributed by atoms with E-state index in [-0.39, 0.29) is 54.5 Å². The minimum absolute atomic E-state index is 0. The molecule has 4 N–H and O–H groups in total. The van der Waals surface area contributed by atoms with Gasteiger partial charge < -0.3 is 25.8 Å². The molecule has 13 heteroatoms. The largest absolute Gasteiger partial charge is 0.573 e. The second-order valence-electron chi connectivity index (χ2n) is 6.59. The Bertz CT molecular complexity index is 961. The van der Waals surface area contributed by atoms with Gasteiger partial charge in [-0.05, 0) is 35.6 Å². The van der Waals surface area contributed by atoms with E-state index >= 15 is 0 Å². The second-order valence-corrected chi connectivity index (χ2v) is 6.59. The number of carbonyl (C=O) groups is 2. The fourth-order valence-corrected chi connectivity index (χ4v) is 3.35. The highest BCUT2D eigenvalue weighted by Crippen LogP contribution is 2.34. The molecule has 1 fully saturated rings. The predicted molar refractivity (Wildman–Crippen MR) is 111 cm³/mol. The summed E-state index contributed by atoms with van der Waals surface area (Å²) in [4.78, 5) is 29.7. The molecule has 0 radical (unpaired) electrons. The molecule has 31 heavy (non-hydrogen) atoms. The average Bonchev–Trinajstić information content (AvgIpc) is 2.97. The van der Waals surface area contributed by atoms with Crippen LogP contribution in [0.4, 0.5) is 19.0 Å². The average molecular weight is 485 g/mol. The number of hydrogen-bond donors (Lipinski definition) is 2. The van der Waals surface area contributed by atoms with Crippen LogP contribution in [0.15, 0.2) is 24.4 Å². The number of esters is 1. The summed E-state index contributed by atoms with van der Waals surface area (Å²) in [5, 5.41) is 0.777. The molecule has 2 aromatic rings. The molecule has 1 aliphatic rings. The van der Waals surface area contributed by atoms with Crippen molar-refractivity contribution >= 4 is 53.3 Å². The summed E-state index contributed by atoms with van der Waals surface area (Å²) in [7, 11) is 1.13. The van der Waals surface area contributed by atoms with Gasteiger partial charge >= 0.3 is 12.3 Å². The highest BCUT2D eigenvalue weighted by molar-refractivity contribution is 5.93. The zero-order chi connectivity index (χ0) is 21.3. The molecule has 2 atom stereocenters. The number of carbonyl (C=O) groups excluding carboxylic acids is 2. The van der Waals surface area contributed by atoms with Gasteiger partial charge in [0.05, 0.1) is 13.2 Å². The molecule has 1 saturated heterocycles. The van der Waals surface area contributed by atoms with E-state index in [0.717, 1.165) is 13.2 Å². The molecule has 1 aliphatic heterocycles. The van der Waals surface area contributed by atoms with Crippen molar-refractivity contribution in [2.24, 2.45) is 5.73 Å². The lowest BCUT2D eigenvalue weighted by Gasteiger charge is -2.27. The molecule has 2 heterocycles. The van der Waals surface area contributed by atoms with Gasteiger partial charge in [-0.25, -0.2) is 9.78 Å². The van der Waals surface area contributed by atoms with Crippen molar-refractivity contribution in [3.05, 3.63) is 30.0 Å². The summed E-state index contributed by atoms with van der Waals surface area (Å²) >= 11 is 0. The maximum Gasteiger partial charge on any atom is 0.573 e. The number of nitrogens with zero attached hydrogens (tertiary/aromatic N) is 2. The van der Waals surface area contributed by atoms with Gasteiger partial charge in [0, 0.05) is 24.5 Å². The van der Waals surface area contributed by atoms with Crippen LogP contribution in [0.5, 0.6) is 5.75 Å². The van der Waals surface area contributed by atoms with Crippen LogP contribution in [0.25, 0.3) is 10.8 Å². The summed E-state index contributed by atoms with van der Waals surface area (Å²) in [5.74, 6) is -1.73. The first-order chi connectivity index (χ1) is 13.6. The molecule has 0 bridgehead atoms. The van der Waals surface area contributed by atoms with Gasteiger partial charge in [-0.2, -0.15) is 0 Å². The predicted octanol–water partition coefficient (Wildman–Crippen LogP) is 2.20. The first-order valence-electron chi connectivity index (χ1n) is 8.67. The van der Waals surface area contributed by atoms with E-state index in [4.69, 9.17) is 16.2 Å². The molecule has 2 unspecified atom stereocenters. The van der Waals surface area contributed by atoms with Crippen LogP contribution < -0.4 is 16.2 Å². The van der Waals surface area contributed by atoms with Gasteiger partial charge in [-0.3, -0.25) is 4.79 Å². The van der Waals surface area contributed by atoms with Crippen LogP contribution in [-0.4, -0.2) is 53.9 Å². The Balaban J connectivity index is 0.00000240. The first kappa shape index (κ1) is 26.5. The molecule has 1 aromatic carbocycles. The van der Waals surface area contributed by atoms with Crippen molar-refractivity contribution in [3.63, 3.8) is 0 Å². The Morgan fingerprint density at radius 1 is 1.35 bits per heavy atom. The van der Waals surface area contributed by atoms with E-state index in [2.05, 4.69) is 9.72 Å². The molecular weight excluding hydrogens is 464 g/mol. The van der Waals surface area contributed by atoms with E-state index in [1.54, 1.807) is 6.07 Å². The lowest BCUT2D eigenvalue weighted by molar-refractivity contribution is -0.274. The summed E-state index contributed by atoms with van der Waals surface area (Å²) in [6.45, 7) is 0.194. The Hall–Kier alpha value is -2.50. The van der Waals surface area contributed by atoms with Crippen molar-refractivity contribution in [1.29, 1.82) is 0 Å². The molecule has 0 spiro atoms. The number of anilines is 1. The zero-order valence-electron chi connectivity index (χ0n) is 16.2. The Labute approximate surface area is 187 Å². The third-order valence-electron chi connectivity index (χ3n) is 4.75. The van der Waals surface area contributed by atoms with Crippen LogP contribution >= 0.6 is 24.8 Å². The van der Waals surface area contributed by atoms with Crippen LogP contribution in [0, 0.1) is 0 Å². The molecule has 0 aliphatic carbocycles. The number of nitrogen functional groups attached to an aromatic ring is 1. The number of hydrogen-bond acceptors (Lipinski definition) is 7. The number of likely N-dealkylation sites (tertiary alicyclic amines) is 1. The van der Waals surface area contributed by atoms with Gasteiger partial charge in [-0.15, -0.1) is 38.0 Å². The lowest BCUT2D eigenvalue weighted by Crippen LogP contribution is -2.46. The fourth-order valence-electron chi connectivity index (χ4n) is 3.35. The highest BCUT2D eigenvalue weighted by atomic mass is 35.5. The van der Waals surface area contributed by atoms with E-state index in [1.165, 1.54) is 17.2 Å². The van der Waals surface area contributed by atoms with Crippen molar-refractivity contribution in [2.75, 3.05) is 19.4 Å². The quantitative estimate of drug-likeness (QED) is 0.623. The standard InChI is InChI=1S/C18H19F3N4O4.2ClH/c1-28-17(27)13(25-5-3-12(22)16(25)26)7-10-6-9-2-4-24-15(23)11(9)8-14(10)29-18(19,20)21;;/h2,4,6,8,12-13H,3,5,7,22H2,1H3,(H2,23,24);2*1H. The number of rotatable bonds is 5. The Morgan fingerprint density at radius 2 is 2.03 bits per heavy atom. The molecule has 0 saturated carbocycles. The highest BCUT2D eigenvalue weighted by Gasteiger charge is 2.39. The number of amides is 1. The van der Waals surface area contributed by atoms with Crippen molar-refractivity contribution in [2.45, 2.75) is 31.3 Å². The molecule has 8 nitrogen and oxygen atoms in total. The van der Waals surface area contributed by atoms with Gasteiger partial charge in [0.25, 0.3) is 0 Å². The van der Waals surface area contributed by atoms with Crippen LogP contribution in [0.1, 0.15) is 12.0 Å². The van der Waals surface area contributed by atoms with E-state index in [0.29, 0.717) is 11.8 Å². The van der Waals surface area contributed by atoms with Gasteiger partial charge in [0.15, 0.2) is 0 Å². The summed E-state index contributed by atoms with van der Waals surface area (Å²) in [6, 6.07) is 2.19. The van der Waals surface area contributed by atoms with Gasteiger partial charge in [0.1, 0.15) is 17.6 Å². The molecular formula is C18H21Cl2F3N4O4. The Morgan fingerprint density at radius 3 is 2.58 bits per heavy atom. The number of alkyl halides is 3. The Kier molecular flexibility index (Phi) is 8.74. The summed E-state index contributed by atoms with van der Waals surface area (Å²) < 4.78 is 47.8. The number of pyridine rings is 1. The normalized spacial score (nSPS) is 17.0. The van der Waals surface area contributed by atoms with E-state index in [9.17, 15) is 22.8 Å². The number of halogens is 5. The minimum atomic E-state index is -4.97.